The quantitative estimate of drug-likeness (QED) is 0.109. The molecule has 0 radical (unpaired) electrons. The van der Waals surface area contributed by atoms with E-state index >= 15 is 0 Å². The van der Waals surface area contributed by atoms with Crippen LogP contribution in [0, 0.1) is 11.3 Å². The molecule has 37 heavy (non-hydrogen) atoms. The molecule has 3 amide bonds. The predicted molar refractivity (Wildman–Crippen MR) is 145 cm³/mol. The first kappa shape index (κ1) is 31.1. The number of fused-ring (bicyclic) bond motifs is 1. The molecule has 207 valence electrons. The molecule has 0 bridgehead atoms. The van der Waals surface area contributed by atoms with Gasteiger partial charge in [0.25, 0.3) is 8.53 Å². The van der Waals surface area contributed by atoms with Gasteiger partial charge in [0, 0.05) is 12.1 Å². The average Bonchev–Trinajstić information content (AvgIpc) is 3.36. The maximum atomic E-state index is 12.2. The summed E-state index contributed by atoms with van der Waals surface area (Å²) in [5.41, 5.74) is 0. The van der Waals surface area contributed by atoms with Gasteiger partial charge in [0.2, 0.25) is 0 Å². The summed E-state index contributed by atoms with van der Waals surface area (Å²) >= 11 is 1.98. The Hall–Kier alpha value is -2.11. The molecular weight excluding hydrogens is 764 g/mol. The summed E-state index contributed by atoms with van der Waals surface area (Å²) in [6, 6.07) is 3.61. The molecule has 2 aliphatic heterocycles. The van der Waals surface area contributed by atoms with Gasteiger partial charge in [-0.05, 0) is 34.1 Å². The number of thioether (sulfide) groups is 1. The number of urea groups is 1. The van der Waals surface area contributed by atoms with Crippen LogP contribution in [-0.4, -0.2) is 76.9 Å². The van der Waals surface area contributed by atoms with Gasteiger partial charge in [0.15, 0.2) is 0 Å². The summed E-state index contributed by atoms with van der Waals surface area (Å²) in [5.74, 6) is 1.20. The van der Waals surface area contributed by atoms with Gasteiger partial charge >= 0.3 is 111 Å². The third kappa shape index (κ3) is 10.3. The summed E-state index contributed by atoms with van der Waals surface area (Å²) in [6.45, 7) is 10.3. The second-order valence-electron chi connectivity index (χ2n) is 10.3. The first-order valence-electron chi connectivity index (χ1n) is 13.8. The van der Waals surface area contributed by atoms with Gasteiger partial charge in [0.1, 0.15) is 0 Å². The number of carbonyl (C=O) groups excluding carboxylic acids is 2. The molecule has 0 aromatic carbocycles. The van der Waals surface area contributed by atoms with Crippen molar-refractivity contribution in [1.29, 1.82) is 5.26 Å². The van der Waals surface area contributed by atoms with E-state index in [1.54, 1.807) is 0 Å². The van der Waals surface area contributed by atoms with Crippen molar-refractivity contribution >= 4 is 32.2 Å². The molecule has 2 aliphatic rings. The van der Waals surface area contributed by atoms with E-state index in [0.717, 1.165) is 57.2 Å². The number of nitrogens with one attached hydrogen (secondary N) is 2. The molecule has 2 heterocycles. The Morgan fingerprint density at radius 1 is 1.19 bits per heavy atom. The third-order valence-corrected chi connectivity index (χ3v) is 13.7. The van der Waals surface area contributed by atoms with Crippen LogP contribution in [0.25, 0.3) is 0 Å². The van der Waals surface area contributed by atoms with Crippen molar-refractivity contribution in [2.45, 2.75) is 115 Å². The molecule has 2 rings (SSSR count). The molecule has 2 N–H and O–H groups in total. The summed E-state index contributed by atoms with van der Waals surface area (Å²) in [7, 11) is -1.16. The Labute approximate surface area is 223 Å². The number of unbranched alkanes of at least 4 members (excludes halogenated alkanes) is 4. The van der Waals surface area contributed by atoms with Crippen molar-refractivity contribution in [1.82, 2.24) is 20.6 Å². The molecule has 9 nitrogen and oxygen atoms in total. The van der Waals surface area contributed by atoms with Crippen molar-refractivity contribution in [3.63, 3.8) is 0 Å². The topological polar surface area (TPSA) is 107 Å². The molecule has 2 saturated heterocycles. The standard InChI is InChI=1S/C25H46N5O4PS.Rf/c1-19(2)30(20(3)4)35(34-17-11-14-26)33-16-10-6-5-9-15-27-23(31)13-8-7-12-22-24-21(18-36-22)28-25(32)29-24;/h19-22,24H,5-13,15-18H2,1-4H3,(H3,27,28,29,31,32);/q;+1/p-1/t21-,22?,24-,35?;/m0./s1. The zero-order valence-electron chi connectivity index (χ0n) is 23.1. The first-order valence-corrected chi connectivity index (χ1v) is 18.8. The SMILES string of the molecule is CC(C)N(C(C)C)P(OCCC#N)OCCCCCCNC(=O)CCCCC1SC[C@H]2[C@@H]1NC(=O)[N]2[Rf]. The van der Waals surface area contributed by atoms with Crippen LogP contribution < -0.4 is 10.6 Å². The van der Waals surface area contributed by atoms with Crippen LogP contribution in [-0.2, 0) is 13.8 Å². The predicted octanol–water partition coefficient (Wildman–Crippen LogP) is 4.86. The fourth-order valence-electron chi connectivity index (χ4n) is 4.77. The van der Waals surface area contributed by atoms with Crippen LogP contribution >= 0.6 is 20.3 Å². The number of rotatable bonds is 19. The Bertz CT molecular complexity index is 736. The molecule has 0 aromatic rings. The first-order chi connectivity index (χ1) is 17.8. The summed E-state index contributed by atoms with van der Waals surface area (Å²) in [5, 5.41) is 17.6. The fourth-order valence-corrected chi connectivity index (χ4v) is 10.9. The molecule has 2 unspecified atom stereocenters. The number of nitriles is 1. The van der Waals surface area contributed by atoms with Gasteiger partial charge in [-0.15, -0.1) is 0 Å². The maximum absolute atomic E-state index is 12.2. The van der Waals surface area contributed by atoms with E-state index in [1.165, 1.54) is 0 Å². The van der Waals surface area contributed by atoms with Gasteiger partial charge in [-0.3, -0.25) is 0 Å². The second-order valence-corrected chi connectivity index (χ2v) is 16.1. The van der Waals surface area contributed by atoms with Crippen molar-refractivity contribution in [2.24, 2.45) is 0 Å². The Morgan fingerprint density at radius 2 is 1.89 bits per heavy atom. The molecule has 0 saturated carbocycles. The van der Waals surface area contributed by atoms with E-state index in [4.69, 9.17) is 14.3 Å². The second kappa shape index (κ2) is 16.7. The van der Waals surface area contributed by atoms with Gasteiger partial charge in [-0.2, -0.15) is 5.26 Å². The van der Waals surface area contributed by atoms with Gasteiger partial charge < -0.3 is 9.05 Å². The van der Waals surface area contributed by atoms with Crippen LogP contribution in [0.2, 0.25) is 0 Å². The molecular formula is C25H45N5O4PRfS. The summed E-state index contributed by atoms with van der Waals surface area (Å²) < 4.78 is 14.5. The van der Waals surface area contributed by atoms with Crippen LogP contribution in [0.3, 0.4) is 0 Å². The van der Waals surface area contributed by atoms with Gasteiger partial charge in [-0.1, -0.05) is 12.8 Å². The van der Waals surface area contributed by atoms with E-state index in [0.29, 0.717) is 55.5 Å². The minimum atomic E-state index is -1.16. The number of nitrogens with zero attached hydrogens (tertiary/aromatic N) is 3. The number of hydrogen-bond acceptors (Lipinski definition) is 7. The molecule has 12 heteroatoms. The zero-order valence-corrected chi connectivity index (χ0v) is 31.2. The van der Waals surface area contributed by atoms with E-state index in [9.17, 15) is 9.59 Å². The van der Waals surface area contributed by atoms with E-state index < -0.39 is 8.53 Å². The van der Waals surface area contributed by atoms with E-state index in [-0.39, 0.29) is 11.9 Å². The van der Waals surface area contributed by atoms with E-state index in [1.807, 2.05) is 17.1 Å². The van der Waals surface area contributed by atoms with Crippen molar-refractivity contribution < 1.29 is 18.6 Å². The molecule has 2 fully saturated rings. The van der Waals surface area contributed by atoms with Crippen molar-refractivity contribution in [2.75, 3.05) is 25.5 Å². The molecule has 0 aromatic heterocycles. The van der Waals surface area contributed by atoms with Crippen LogP contribution in [0.15, 0.2) is 0 Å². The van der Waals surface area contributed by atoms with Gasteiger partial charge in [0.05, 0.1) is 25.7 Å². The number of amides is 3. The van der Waals surface area contributed by atoms with Crippen molar-refractivity contribution in [3.8, 4) is 6.07 Å². The molecule has 0 spiro atoms. The Morgan fingerprint density at radius 3 is 2.59 bits per heavy atom. The van der Waals surface area contributed by atoms with Crippen molar-refractivity contribution in [3.05, 3.63) is 0 Å². The number of carbonyl (C=O) groups is 2. The van der Waals surface area contributed by atoms with Crippen LogP contribution in [0.1, 0.15) is 85.5 Å². The summed E-state index contributed by atoms with van der Waals surface area (Å²) in [6.07, 6.45) is 8.01. The fraction of sp³-hybridized carbons (Fsp3) is 0.880. The Balaban J connectivity index is 1.49. The van der Waals surface area contributed by atoms with Crippen LogP contribution in [0.5, 0.6) is 0 Å². The minimum absolute atomic E-state index is 0.137. The van der Waals surface area contributed by atoms with Gasteiger partial charge in [-0.25, -0.2) is 4.67 Å². The third-order valence-electron chi connectivity index (χ3n) is 6.65. The van der Waals surface area contributed by atoms with Crippen LogP contribution in [0.4, 0.5) is 4.79 Å². The monoisotopic (exact) mass is 809 g/mol. The van der Waals surface area contributed by atoms with E-state index in [2.05, 4.69) is 49.1 Å². The zero-order chi connectivity index (χ0) is 27.2. The number of hydrogen-bond donors (Lipinski definition) is 2. The normalized spacial score (nSPS) is 22.0. The average molecular weight is 810 g/mol. The molecule has 0 aliphatic carbocycles. The Kier molecular flexibility index (Phi) is 14.0. The molecule has 4 atom stereocenters. The summed E-state index contributed by atoms with van der Waals surface area (Å²) in [4.78, 5) is 24.0.